The third-order valence-electron chi connectivity index (χ3n) is 7.62. The van der Waals surface area contributed by atoms with Crippen molar-refractivity contribution in [2.75, 3.05) is 44.7 Å². The fourth-order valence-electron chi connectivity index (χ4n) is 5.49. The van der Waals surface area contributed by atoms with Gasteiger partial charge in [-0.25, -0.2) is 4.39 Å². The molecule has 0 aliphatic carbocycles. The summed E-state index contributed by atoms with van der Waals surface area (Å²) in [5, 5.41) is 0.352. The first-order valence-corrected chi connectivity index (χ1v) is 13.5. The molecule has 4 rings (SSSR count). The lowest BCUT2D eigenvalue weighted by Crippen LogP contribution is -2.40. The lowest BCUT2D eigenvalue weighted by molar-refractivity contribution is -0.145. The minimum absolute atomic E-state index is 0.152. The van der Waals surface area contributed by atoms with Gasteiger partial charge in [0.1, 0.15) is 5.82 Å². The van der Waals surface area contributed by atoms with Crippen molar-refractivity contribution in [3.63, 3.8) is 0 Å². The number of likely N-dealkylation sites (N-methyl/N-ethyl adjacent to an activating group) is 2. The Morgan fingerprint density at radius 1 is 1.08 bits per heavy atom. The van der Waals surface area contributed by atoms with Crippen LogP contribution in [-0.4, -0.2) is 67.2 Å². The number of Topliss-reactive ketones (excluding diaryl/α,β-unsaturated/α-hetero) is 1. The van der Waals surface area contributed by atoms with Gasteiger partial charge in [-0.1, -0.05) is 30.7 Å². The van der Waals surface area contributed by atoms with Crippen molar-refractivity contribution in [3.05, 3.63) is 63.9 Å². The summed E-state index contributed by atoms with van der Waals surface area (Å²) in [6.45, 7) is 6.47. The zero-order chi connectivity index (χ0) is 26.7. The van der Waals surface area contributed by atoms with Crippen LogP contribution < -0.4 is 4.90 Å². The van der Waals surface area contributed by atoms with E-state index in [0.29, 0.717) is 54.8 Å². The lowest BCUT2D eigenvalue weighted by Gasteiger charge is -2.32. The average Bonchev–Trinajstić information content (AvgIpc) is 3.22. The van der Waals surface area contributed by atoms with Gasteiger partial charge in [0.25, 0.3) is 11.8 Å². The summed E-state index contributed by atoms with van der Waals surface area (Å²) in [5.74, 6) is -1.50. The number of carbonyl (C=O) groups is 3. The van der Waals surface area contributed by atoms with Crippen molar-refractivity contribution in [3.8, 4) is 0 Å². The van der Waals surface area contributed by atoms with Crippen LogP contribution in [0.5, 0.6) is 0 Å². The number of hydrogen-bond donors (Lipinski definition) is 0. The van der Waals surface area contributed by atoms with Crippen molar-refractivity contribution in [1.29, 1.82) is 0 Å². The fourth-order valence-corrected chi connectivity index (χ4v) is 5.73. The van der Waals surface area contributed by atoms with Gasteiger partial charge in [0.05, 0.1) is 16.5 Å². The normalized spacial score (nSPS) is 17.6. The number of piperidine rings is 1. The zero-order valence-electron chi connectivity index (χ0n) is 21.8. The second kappa shape index (κ2) is 11.6. The van der Waals surface area contributed by atoms with Crippen molar-refractivity contribution < 1.29 is 18.8 Å². The average molecular weight is 528 g/mol. The molecule has 1 saturated heterocycles. The Bertz CT molecular complexity index is 1160. The van der Waals surface area contributed by atoms with Gasteiger partial charge in [0.2, 0.25) is 5.78 Å². The Hall–Kier alpha value is -2.93. The molecule has 2 aliphatic heterocycles. The number of ketones is 1. The third-order valence-corrected chi connectivity index (χ3v) is 7.93. The number of fused-ring (bicyclic) bond motifs is 1. The second-order valence-corrected chi connectivity index (χ2v) is 10.5. The molecular weight excluding hydrogens is 493 g/mol. The highest BCUT2D eigenvalue weighted by Crippen LogP contribution is 2.40. The van der Waals surface area contributed by atoms with Gasteiger partial charge in [0, 0.05) is 45.5 Å². The van der Waals surface area contributed by atoms with Crippen LogP contribution in [0.4, 0.5) is 10.1 Å². The summed E-state index contributed by atoms with van der Waals surface area (Å²) in [6, 6.07) is 10.1. The molecule has 0 radical (unpaired) electrons. The molecule has 1 atom stereocenters. The van der Waals surface area contributed by atoms with Crippen LogP contribution in [0.15, 0.2) is 36.4 Å². The van der Waals surface area contributed by atoms with Gasteiger partial charge in [-0.3, -0.25) is 14.4 Å². The lowest BCUT2D eigenvalue weighted by atomic mass is 9.89. The molecule has 8 heteroatoms. The molecule has 2 heterocycles. The quantitative estimate of drug-likeness (QED) is 0.456. The fraction of sp³-hybridized carbons (Fsp3) is 0.483. The Kier molecular flexibility index (Phi) is 8.53. The molecule has 2 aromatic carbocycles. The number of benzene rings is 2. The van der Waals surface area contributed by atoms with Crippen LogP contribution >= 0.6 is 11.6 Å². The van der Waals surface area contributed by atoms with Gasteiger partial charge in [-0.15, -0.1) is 0 Å². The Morgan fingerprint density at radius 3 is 2.38 bits per heavy atom. The first-order valence-electron chi connectivity index (χ1n) is 13.1. The standard InChI is InChI=1S/C29H35ClFN3O3/c1-4-12-33(5-2)29(37)27(35)24-18-32(3)26-17-25(30)23(16-22(24)26)28(36)34-13-10-20(11-14-34)15-19-6-8-21(31)9-7-19/h6-9,16-17,20,24H,4-5,10-15,18H2,1-3H3. The van der Waals surface area contributed by atoms with Crippen LogP contribution in [0, 0.1) is 11.7 Å². The molecule has 37 heavy (non-hydrogen) atoms. The van der Waals surface area contributed by atoms with E-state index in [1.54, 1.807) is 17.0 Å². The van der Waals surface area contributed by atoms with Gasteiger partial charge < -0.3 is 14.7 Å². The monoisotopic (exact) mass is 527 g/mol. The summed E-state index contributed by atoms with van der Waals surface area (Å²) in [5.41, 5.74) is 2.94. The highest BCUT2D eigenvalue weighted by atomic mass is 35.5. The van der Waals surface area contributed by atoms with E-state index in [1.165, 1.54) is 12.1 Å². The van der Waals surface area contributed by atoms with Crippen molar-refractivity contribution in [2.24, 2.45) is 5.92 Å². The molecule has 1 fully saturated rings. The maximum atomic E-state index is 13.5. The van der Waals surface area contributed by atoms with Crippen LogP contribution in [0.25, 0.3) is 0 Å². The number of carbonyl (C=O) groups excluding carboxylic acids is 3. The van der Waals surface area contributed by atoms with E-state index in [-0.39, 0.29) is 11.7 Å². The van der Waals surface area contributed by atoms with Gasteiger partial charge in [-0.2, -0.15) is 0 Å². The first-order chi connectivity index (χ1) is 17.7. The summed E-state index contributed by atoms with van der Waals surface area (Å²) in [6.07, 6.45) is 3.35. The first kappa shape index (κ1) is 27.1. The Labute approximate surface area is 223 Å². The highest BCUT2D eigenvalue weighted by molar-refractivity contribution is 6.39. The molecule has 2 aromatic rings. The van der Waals surface area contributed by atoms with Crippen molar-refractivity contribution in [2.45, 2.75) is 45.4 Å². The molecule has 1 unspecified atom stereocenters. The topological polar surface area (TPSA) is 60.9 Å². The maximum absolute atomic E-state index is 13.5. The summed E-state index contributed by atoms with van der Waals surface area (Å²) in [4.78, 5) is 44.9. The molecule has 0 spiro atoms. The number of anilines is 1. The predicted octanol–water partition coefficient (Wildman–Crippen LogP) is 4.94. The number of amides is 2. The molecule has 198 valence electrons. The van der Waals surface area contributed by atoms with Crippen molar-refractivity contribution in [1.82, 2.24) is 9.80 Å². The van der Waals surface area contributed by atoms with E-state index in [9.17, 15) is 18.8 Å². The minimum atomic E-state index is -0.622. The SMILES string of the molecule is CCCN(CC)C(=O)C(=O)C1CN(C)c2cc(Cl)c(C(=O)N3CCC(Cc4ccc(F)cc4)CC3)cc21. The molecule has 0 saturated carbocycles. The van der Waals surface area contributed by atoms with Gasteiger partial charge in [-0.05, 0) is 73.9 Å². The largest absolute Gasteiger partial charge is 0.373 e. The number of rotatable bonds is 8. The number of halogens is 2. The van der Waals surface area contributed by atoms with E-state index in [0.717, 1.165) is 36.9 Å². The molecule has 2 aliphatic rings. The number of nitrogens with zero attached hydrogens (tertiary/aromatic N) is 3. The van der Waals surface area contributed by atoms with E-state index in [1.807, 2.05) is 42.8 Å². The van der Waals surface area contributed by atoms with E-state index in [2.05, 4.69) is 0 Å². The molecule has 2 amide bonds. The summed E-state index contributed by atoms with van der Waals surface area (Å²) >= 11 is 6.58. The van der Waals surface area contributed by atoms with Gasteiger partial charge in [0.15, 0.2) is 0 Å². The summed E-state index contributed by atoms with van der Waals surface area (Å²) in [7, 11) is 1.87. The van der Waals surface area contributed by atoms with Crippen LogP contribution in [0.2, 0.25) is 5.02 Å². The Morgan fingerprint density at radius 2 is 1.76 bits per heavy atom. The highest BCUT2D eigenvalue weighted by Gasteiger charge is 2.38. The van der Waals surface area contributed by atoms with Crippen LogP contribution in [0.1, 0.15) is 60.5 Å². The van der Waals surface area contributed by atoms with Crippen LogP contribution in [0.3, 0.4) is 0 Å². The number of likely N-dealkylation sites (tertiary alicyclic amines) is 1. The molecule has 0 bridgehead atoms. The smallest absolute Gasteiger partial charge is 0.290 e. The predicted molar refractivity (Wildman–Crippen MR) is 144 cm³/mol. The molecule has 0 aromatic heterocycles. The molecular formula is C29H35ClFN3O3. The van der Waals surface area contributed by atoms with Crippen LogP contribution in [-0.2, 0) is 16.0 Å². The van der Waals surface area contributed by atoms with Gasteiger partial charge >= 0.3 is 0 Å². The second-order valence-electron chi connectivity index (χ2n) is 10.1. The van der Waals surface area contributed by atoms with E-state index < -0.39 is 17.6 Å². The van der Waals surface area contributed by atoms with E-state index in [4.69, 9.17) is 11.6 Å². The summed E-state index contributed by atoms with van der Waals surface area (Å²) < 4.78 is 13.2. The Balaban J connectivity index is 1.47. The molecule has 0 N–H and O–H groups in total. The van der Waals surface area contributed by atoms with Crippen molar-refractivity contribution >= 4 is 34.9 Å². The molecule has 6 nitrogen and oxygen atoms in total. The van der Waals surface area contributed by atoms with E-state index >= 15 is 0 Å². The minimum Gasteiger partial charge on any atom is -0.373 e. The maximum Gasteiger partial charge on any atom is 0.290 e. The third kappa shape index (κ3) is 5.82. The number of hydrogen-bond acceptors (Lipinski definition) is 4. The zero-order valence-corrected chi connectivity index (χ0v) is 22.6.